The highest BCUT2D eigenvalue weighted by Crippen LogP contribution is 2.28. The van der Waals surface area contributed by atoms with Gasteiger partial charge in [0.1, 0.15) is 5.82 Å². The lowest BCUT2D eigenvalue weighted by atomic mass is 10.1. The Hall–Kier alpha value is -3.28. The van der Waals surface area contributed by atoms with Crippen molar-refractivity contribution in [3.8, 4) is 11.5 Å². The Labute approximate surface area is 203 Å². The second-order valence-corrected chi connectivity index (χ2v) is 8.50. The first kappa shape index (κ1) is 25.3. The number of hydrogen-bond donors (Lipinski definition) is 1. The summed E-state index contributed by atoms with van der Waals surface area (Å²) in [6.07, 6.45) is 8.72. The number of nitrogens with zero attached hydrogens (tertiary/aromatic N) is 2. The molecule has 182 valence electrons. The molecule has 34 heavy (non-hydrogen) atoms. The van der Waals surface area contributed by atoms with Crippen LogP contribution in [-0.2, 0) is 24.2 Å². The molecule has 3 rings (SSSR count). The third-order valence-electron chi connectivity index (χ3n) is 5.83. The quantitative estimate of drug-likeness (QED) is 0.239. The summed E-state index contributed by atoms with van der Waals surface area (Å²) < 4.78 is 13.9. The van der Waals surface area contributed by atoms with Gasteiger partial charge in [0.2, 0.25) is 5.91 Å². The van der Waals surface area contributed by atoms with Gasteiger partial charge < -0.3 is 19.4 Å². The van der Waals surface area contributed by atoms with Gasteiger partial charge in [0.25, 0.3) is 0 Å². The molecule has 1 heterocycles. The van der Waals surface area contributed by atoms with Gasteiger partial charge in [0, 0.05) is 26.4 Å². The first-order valence-electron chi connectivity index (χ1n) is 12.2. The van der Waals surface area contributed by atoms with Crippen LogP contribution in [0.2, 0.25) is 0 Å². The second-order valence-electron chi connectivity index (χ2n) is 8.50. The lowest BCUT2D eigenvalue weighted by molar-refractivity contribution is -0.118. The standard InChI is InChI=1S/C28H37N3O3/c1-4-12-23-16-17-26(27(21-23)33-3)34-20-11-10-19-31-25-14-8-7-13-24(25)30-28(31)15-6-5-9-18-29-22(2)32/h4,7-8,13-14,16-17,21H,1,5-6,9-12,15,18-20H2,2-3H3,(H,29,32). The molecule has 0 radical (unpaired) electrons. The van der Waals surface area contributed by atoms with Crippen LogP contribution in [0, 0.1) is 0 Å². The fraction of sp³-hybridized carbons (Fsp3) is 0.429. The molecule has 1 aromatic heterocycles. The van der Waals surface area contributed by atoms with Crippen molar-refractivity contribution in [1.29, 1.82) is 0 Å². The molecule has 3 aromatic rings. The average molecular weight is 464 g/mol. The van der Waals surface area contributed by atoms with Gasteiger partial charge >= 0.3 is 0 Å². The van der Waals surface area contributed by atoms with Gasteiger partial charge in [-0.2, -0.15) is 0 Å². The third-order valence-corrected chi connectivity index (χ3v) is 5.83. The first-order chi connectivity index (χ1) is 16.6. The number of rotatable bonds is 15. The van der Waals surface area contributed by atoms with Crippen LogP contribution in [0.1, 0.15) is 50.4 Å². The number of unbranched alkanes of at least 4 members (excludes halogenated alkanes) is 3. The van der Waals surface area contributed by atoms with Crippen molar-refractivity contribution in [3.05, 3.63) is 66.5 Å². The van der Waals surface area contributed by atoms with Crippen LogP contribution in [0.15, 0.2) is 55.1 Å². The Morgan fingerprint density at radius 1 is 1.09 bits per heavy atom. The van der Waals surface area contributed by atoms with Crippen LogP contribution in [0.25, 0.3) is 11.0 Å². The SMILES string of the molecule is C=CCc1ccc(OCCCCn2c(CCCCCNC(C)=O)nc3ccccc32)c(OC)c1. The topological polar surface area (TPSA) is 65.4 Å². The van der Waals surface area contributed by atoms with E-state index in [0.29, 0.717) is 6.61 Å². The average Bonchev–Trinajstić information content (AvgIpc) is 3.19. The zero-order chi connectivity index (χ0) is 24.2. The van der Waals surface area contributed by atoms with Gasteiger partial charge in [-0.15, -0.1) is 6.58 Å². The van der Waals surface area contributed by atoms with Crippen molar-refractivity contribution in [2.24, 2.45) is 0 Å². The summed E-state index contributed by atoms with van der Waals surface area (Å²) in [5.74, 6) is 2.72. The fourth-order valence-corrected chi connectivity index (χ4v) is 4.09. The van der Waals surface area contributed by atoms with Crippen molar-refractivity contribution >= 4 is 16.9 Å². The number of methoxy groups -OCH3 is 1. The molecule has 0 spiro atoms. The Kier molecular flexibility index (Phi) is 10.0. The highest BCUT2D eigenvalue weighted by molar-refractivity contribution is 5.75. The highest BCUT2D eigenvalue weighted by atomic mass is 16.5. The zero-order valence-electron chi connectivity index (χ0n) is 20.5. The van der Waals surface area contributed by atoms with Crippen LogP contribution in [0.3, 0.4) is 0 Å². The largest absolute Gasteiger partial charge is 0.493 e. The molecule has 6 heteroatoms. The van der Waals surface area contributed by atoms with Gasteiger partial charge in [-0.3, -0.25) is 4.79 Å². The lowest BCUT2D eigenvalue weighted by Crippen LogP contribution is -2.20. The van der Waals surface area contributed by atoms with E-state index < -0.39 is 0 Å². The number of nitrogens with one attached hydrogen (secondary N) is 1. The van der Waals surface area contributed by atoms with Crippen LogP contribution < -0.4 is 14.8 Å². The fourth-order valence-electron chi connectivity index (χ4n) is 4.09. The molecular formula is C28H37N3O3. The van der Waals surface area contributed by atoms with E-state index in [9.17, 15) is 4.79 Å². The van der Waals surface area contributed by atoms with E-state index in [0.717, 1.165) is 86.4 Å². The number of carbonyl (C=O) groups excluding carboxylic acids is 1. The summed E-state index contributed by atoms with van der Waals surface area (Å²) >= 11 is 0. The van der Waals surface area contributed by atoms with E-state index in [1.165, 1.54) is 5.52 Å². The summed E-state index contributed by atoms with van der Waals surface area (Å²) in [6.45, 7) is 7.65. The number of aryl methyl sites for hydroxylation is 2. The number of amides is 1. The molecule has 0 aliphatic rings. The van der Waals surface area contributed by atoms with Crippen molar-refractivity contribution in [2.45, 2.75) is 58.4 Å². The number of hydrogen-bond acceptors (Lipinski definition) is 4. The maximum absolute atomic E-state index is 11.0. The number of fused-ring (bicyclic) bond motifs is 1. The molecule has 2 aromatic carbocycles. The van der Waals surface area contributed by atoms with E-state index in [4.69, 9.17) is 14.5 Å². The van der Waals surface area contributed by atoms with E-state index in [-0.39, 0.29) is 5.91 Å². The Balaban J connectivity index is 1.51. The van der Waals surface area contributed by atoms with Crippen LogP contribution in [-0.4, -0.2) is 35.7 Å². The van der Waals surface area contributed by atoms with Crippen LogP contribution in [0.5, 0.6) is 11.5 Å². The number of carbonyl (C=O) groups is 1. The summed E-state index contributed by atoms with van der Waals surface area (Å²) in [5.41, 5.74) is 3.40. The molecule has 0 unspecified atom stereocenters. The number of aromatic nitrogens is 2. The predicted octanol–water partition coefficient (Wildman–Crippen LogP) is 5.48. The first-order valence-corrected chi connectivity index (χ1v) is 12.2. The van der Waals surface area contributed by atoms with Crippen molar-refractivity contribution in [3.63, 3.8) is 0 Å². The number of imidazole rings is 1. The van der Waals surface area contributed by atoms with Gasteiger partial charge in [-0.25, -0.2) is 4.98 Å². The zero-order valence-corrected chi connectivity index (χ0v) is 20.5. The minimum absolute atomic E-state index is 0.0360. The second kappa shape index (κ2) is 13.4. The van der Waals surface area contributed by atoms with Crippen molar-refractivity contribution in [1.82, 2.24) is 14.9 Å². The number of ether oxygens (including phenoxy) is 2. The van der Waals surface area contributed by atoms with Crippen LogP contribution >= 0.6 is 0 Å². The minimum Gasteiger partial charge on any atom is -0.493 e. The molecule has 0 fully saturated rings. The Morgan fingerprint density at radius 2 is 1.94 bits per heavy atom. The van der Waals surface area contributed by atoms with E-state index in [1.54, 1.807) is 14.0 Å². The molecule has 0 atom stereocenters. The summed E-state index contributed by atoms with van der Waals surface area (Å²) in [7, 11) is 1.67. The predicted molar refractivity (Wildman–Crippen MR) is 138 cm³/mol. The highest BCUT2D eigenvalue weighted by Gasteiger charge is 2.10. The van der Waals surface area contributed by atoms with E-state index in [2.05, 4.69) is 40.7 Å². The maximum Gasteiger partial charge on any atom is 0.216 e. The normalized spacial score (nSPS) is 10.9. The van der Waals surface area contributed by atoms with Gasteiger partial charge in [-0.05, 0) is 61.9 Å². The van der Waals surface area contributed by atoms with Crippen molar-refractivity contribution < 1.29 is 14.3 Å². The Morgan fingerprint density at radius 3 is 2.74 bits per heavy atom. The number of para-hydroxylation sites is 2. The van der Waals surface area contributed by atoms with Crippen molar-refractivity contribution in [2.75, 3.05) is 20.3 Å². The molecular weight excluding hydrogens is 426 g/mol. The van der Waals surface area contributed by atoms with E-state index >= 15 is 0 Å². The molecule has 0 saturated carbocycles. The van der Waals surface area contributed by atoms with E-state index in [1.807, 2.05) is 24.3 Å². The summed E-state index contributed by atoms with van der Waals surface area (Å²) in [5, 5.41) is 2.86. The molecule has 6 nitrogen and oxygen atoms in total. The molecule has 0 aliphatic heterocycles. The number of allylic oxidation sites excluding steroid dienone is 1. The molecule has 0 saturated heterocycles. The number of benzene rings is 2. The monoisotopic (exact) mass is 463 g/mol. The van der Waals surface area contributed by atoms with Gasteiger partial charge in [-0.1, -0.05) is 30.7 Å². The molecule has 0 aliphatic carbocycles. The third kappa shape index (κ3) is 7.37. The molecule has 0 bridgehead atoms. The van der Waals surface area contributed by atoms with Gasteiger partial charge in [0.05, 0.1) is 24.8 Å². The van der Waals surface area contributed by atoms with Gasteiger partial charge in [0.15, 0.2) is 11.5 Å². The lowest BCUT2D eigenvalue weighted by Gasteiger charge is -2.13. The smallest absolute Gasteiger partial charge is 0.216 e. The summed E-state index contributed by atoms with van der Waals surface area (Å²) in [6, 6.07) is 14.4. The van der Waals surface area contributed by atoms with Crippen LogP contribution in [0.4, 0.5) is 0 Å². The molecule has 1 amide bonds. The maximum atomic E-state index is 11.0. The minimum atomic E-state index is 0.0360. The summed E-state index contributed by atoms with van der Waals surface area (Å²) in [4.78, 5) is 15.9. The Bertz CT molecular complexity index is 1070. The molecule has 1 N–H and O–H groups in total.